The van der Waals surface area contributed by atoms with Crippen LogP contribution in [0.25, 0.3) is 10.8 Å². The molecule has 2 atom stereocenters. The zero-order valence-corrected chi connectivity index (χ0v) is 19.0. The zero-order valence-electron chi connectivity index (χ0n) is 17.5. The summed E-state index contributed by atoms with van der Waals surface area (Å²) in [5.74, 6) is -0.970. The normalized spacial score (nSPS) is 19.2. The summed E-state index contributed by atoms with van der Waals surface area (Å²) >= 11 is 12.0. The van der Waals surface area contributed by atoms with Crippen molar-refractivity contribution >= 4 is 51.8 Å². The number of amides is 4. The van der Waals surface area contributed by atoms with Crippen LogP contribution in [0.1, 0.15) is 31.0 Å². The number of carbonyl (C=O) groups excluding carboxylic acids is 3. The number of benzene rings is 3. The van der Waals surface area contributed by atoms with Crippen molar-refractivity contribution < 1.29 is 14.4 Å². The molecule has 0 saturated carbocycles. The number of hydrogen-bond acceptors (Lipinski definition) is 3. The van der Waals surface area contributed by atoms with Crippen LogP contribution in [0.2, 0.25) is 10.0 Å². The molecule has 1 saturated heterocycles. The van der Waals surface area contributed by atoms with E-state index >= 15 is 0 Å². The summed E-state index contributed by atoms with van der Waals surface area (Å²) in [5, 5.41) is 8.31. The maximum absolute atomic E-state index is 13.1. The number of nitrogens with zero attached hydrogens (tertiary/aromatic N) is 1. The molecule has 2 N–H and O–H groups in total. The van der Waals surface area contributed by atoms with Crippen molar-refractivity contribution in [1.29, 1.82) is 0 Å². The molecule has 8 heteroatoms. The van der Waals surface area contributed by atoms with Crippen LogP contribution in [-0.2, 0) is 15.1 Å². The lowest BCUT2D eigenvalue weighted by molar-refractivity contribution is -0.135. The van der Waals surface area contributed by atoms with Crippen molar-refractivity contribution in [2.45, 2.75) is 25.4 Å². The van der Waals surface area contributed by atoms with E-state index in [4.69, 9.17) is 23.2 Å². The molecule has 3 aromatic carbocycles. The van der Waals surface area contributed by atoms with Gasteiger partial charge >= 0.3 is 6.03 Å². The summed E-state index contributed by atoms with van der Waals surface area (Å²) in [6.07, 6.45) is 0. The average molecular weight is 470 g/mol. The summed E-state index contributed by atoms with van der Waals surface area (Å²) < 4.78 is 0. The lowest BCUT2D eigenvalue weighted by atomic mass is 9.92. The smallest absolute Gasteiger partial charge is 0.325 e. The Labute approximate surface area is 195 Å². The number of fused-ring (bicyclic) bond motifs is 1. The Hall–Kier alpha value is -3.09. The fourth-order valence-electron chi connectivity index (χ4n) is 3.83. The van der Waals surface area contributed by atoms with E-state index in [1.807, 2.05) is 49.4 Å². The molecule has 2 unspecified atom stereocenters. The van der Waals surface area contributed by atoms with Crippen LogP contribution in [0.3, 0.4) is 0 Å². The van der Waals surface area contributed by atoms with Crippen molar-refractivity contribution in [3.05, 3.63) is 81.8 Å². The van der Waals surface area contributed by atoms with E-state index in [-0.39, 0.29) is 17.6 Å². The minimum atomic E-state index is -1.34. The summed E-state index contributed by atoms with van der Waals surface area (Å²) in [5.41, 5.74) is 0.0721. The number of halogens is 2. The molecule has 0 aliphatic carbocycles. The van der Waals surface area contributed by atoms with E-state index in [1.165, 1.54) is 6.07 Å². The number of rotatable bonds is 5. The number of carbonyl (C=O) groups is 3. The third-order valence-corrected chi connectivity index (χ3v) is 6.46. The van der Waals surface area contributed by atoms with E-state index < -0.39 is 23.4 Å². The number of nitrogens with one attached hydrogen (secondary N) is 2. The van der Waals surface area contributed by atoms with Gasteiger partial charge in [-0.2, -0.15) is 0 Å². The molecule has 164 valence electrons. The third-order valence-electron chi connectivity index (χ3n) is 5.72. The second-order valence-corrected chi connectivity index (χ2v) is 8.79. The number of hydrogen-bond donors (Lipinski definition) is 2. The van der Waals surface area contributed by atoms with Gasteiger partial charge in [0.2, 0.25) is 5.91 Å². The van der Waals surface area contributed by atoms with Crippen LogP contribution >= 0.6 is 23.2 Å². The molecule has 1 heterocycles. The summed E-state index contributed by atoms with van der Waals surface area (Å²) in [6.45, 7) is 3.04. The first-order valence-corrected chi connectivity index (χ1v) is 10.8. The standard InChI is InChI=1S/C24H21Cl2N3O3/c1-14(16-8-7-15-5-3-4-6-17(15)11-16)27-21(30)13-29-22(31)24(2,28-23(29)32)18-9-10-19(25)20(26)12-18/h3-12,14H,13H2,1-2H3,(H,27,30)(H,28,32). The third kappa shape index (κ3) is 4.04. The van der Waals surface area contributed by atoms with Crippen molar-refractivity contribution in [2.75, 3.05) is 6.54 Å². The highest BCUT2D eigenvalue weighted by Crippen LogP contribution is 2.33. The van der Waals surface area contributed by atoms with Crippen LogP contribution in [0, 0.1) is 0 Å². The van der Waals surface area contributed by atoms with E-state index in [9.17, 15) is 14.4 Å². The highest BCUT2D eigenvalue weighted by atomic mass is 35.5. The Morgan fingerprint density at radius 3 is 2.47 bits per heavy atom. The summed E-state index contributed by atoms with van der Waals surface area (Å²) in [4.78, 5) is 39.1. The van der Waals surface area contributed by atoms with Gasteiger partial charge in [-0.05, 0) is 53.9 Å². The van der Waals surface area contributed by atoms with Crippen LogP contribution in [-0.4, -0.2) is 29.3 Å². The van der Waals surface area contributed by atoms with Gasteiger partial charge in [0.05, 0.1) is 16.1 Å². The molecule has 32 heavy (non-hydrogen) atoms. The Morgan fingerprint density at radius 1 is 1.03 bits per heavy atom. The van der Waals surface area contributed by atoms with E-state index in [1.54, 1.807) is 19.1 Å². The van der Waals surface area contributed by atoms with E-state index in [2.05, 4.69) is 10.6 Å². The minimum absolute atomic E-state index is 0.271. The second-order valence-electron chi connectivity index (χ2n) is 7.97. The Kier molecular flexibility index (Phi) is 5.84. The molecule has 3 aromatic rings. The number of urea groups is 1. The molecule has 1 aliphatic heterocycles. The van der Waals surface area contributed by atoms with Gasteiger partial charge in [-0.3, -0.25) is 14.5 Å². The quantitative estimate of drug-likeness (QED) is 0.527. The Bertz CT molecular complexity index is 1250. The Balaban J connectivity index is 1.47. The van der Waals surface area contributed by atoms with Crippen molar-refractivity contribution in [3.63, 3.8) is 0 Å². The fraction of sp³-hybridized carbons (Fsp3) is 0.208. The molecule has 6 nitrogen and oxygen atoms in total. The van der Waals surface area contributed by atoms with Gasteiger partial charge in [0.25, 0.3) is 5.91 Å². The van der Waals surface area contributed by atoms with Gasteiger partial charge in [0.15, 0.2) is 0 Å². The topological polar surface area (TPSA) is 78.5 Å². The molecular formula is C24H21Cl2N3O3. The first-order chi connectivity index (χ1) is 15.2. The molecule has 0 aromatic heterocycles. The van der Waals surface area contributed by atoms with Crippen LogP contribution in [0.15, 0.2) is 60.7 Å². The highest BCUT2D eigenvalue weighted by molar-refractivity contribution is 6.42. The predicted octanol–water partition coefficient (Wildman–Crippen LogP) is 4.79. The van der Waals surface area contributed by atoms with E-state index in [0.717, 1.165) is 21.2 Å². The van der Waals surface area contributed by atoms with Gasteiger partial charge in [0, 0.05) is 0 Å². The maximum Gasteiger partial charge on any atom is 0.325 e. The lowest BCUT2D eigenvalue weighted by Gasteiger charge is -2.23. The molecule has 4 amide bonds. The summed E-state index contributed by atoms with van der Waals surface area (Å²) in [6, 6.07) is 17.7. The van der Waals surface area contributed by atoms with Crippen LogP contribution in [0.5, 0.6) is 0 Å². The van der Waals surface area contributed by atoms with Crippen LogP contribution in [0.4, 0.5) is 4.79 Å². The monoisotopic (exact) mass is 469 g/mol. The molecular weight excluding hydrogens is 449 g/mol. The summed E-state index contributed by atoms with van der Waals surface area (Å²) in [7, 11) is 0. The van der Waals surface area contributed by atoms with Crippen LogP contribution < -0.4 is 10.6 Å². The molecule has 0 spiro atoms. The van der Waals surface area contributed by atoms with Gasteiger partial charge in [-0.1, -0.05) is 65.7 Å². The molecule has 4 rings (SSSR count). The highest BCUT2D eigenvalue weighted by Gasteiger charge is 2.49. The SMILES string of the molecule is CC(NC(=O)CN1C(=O)NC(C)(c2ccc(Cl)c(Cl)c2)C1=O)c1ccc2ccccc2c1. The molecule has 0 bridgehead atoms. The van der Waals surface area contributed by atoms with Crippen molar-refractivity contribution in [1.82, 2.24) is 15.5 Å². The van der Waals surface area contributed by atoms with Gasteiger partial charge in [0.1, 0.15) is 12.1 Å². The van der Waals surface area contributed by atoms with Crippen molar-refractivity contribution in [3.8, 4) is 0 Å². The lowest BCUT2D eigenvalue weighted by Crippen LogP contribution is -2.43. The molecule has 1 aliphatic rings. The maximum atomic E-state index is 13.1. The predicted molar refractivity (Wildman–Crippen MR) is 125 cm³/mol. The van der Waals surface area contributed by atoms with E-state index in [0.29, 0.717) is 10.6 Å². The largest absolute Gasteiger partial charge is 0.348 e. The zero-order chi connectivity index (χ0) is 23.0. The molecule has 1 fully saturated rings. The number of imide groups is 1. The van der Waals surface area contributed by atoms with Gasteiger partial charge in [-0.15, -0.1) is 0 Å². The van der Waals surface area contributed by atoms with Gasteiger partial charge < -0.3 is 10.6 Å². The molecule has 0 radical (unpaired) electrons. The minimum Gasteiger partial charge on any atom is -0.348 e. The first kappa shape index (κ1) is 22.1. The first-order valence-electron chi connectivity index (χ1n) is 10.1. The Morgan fingerprint density at radius 2 is 1.75 bits per heavy atom. The van der Waals surface area contributed by atoms with Gasteiger partial charge in [-0.25, -0.2) is 4.79 Å². The fourth-order valence-corrected chi connectivity index (χ4v) is 4.13. The average Bonchev–Trinajstić information content (AvgIpc) is 2.99. The van der Waals surface area contributed by atoms with Crippen molar-refractivity contribution in [2.24, 2.45) is 0 Å². The second kappa shape index (κ2) is 8.45.